The van der Waals surface area contributed by atoms with Crippen LogP contribution in [0.1, 0.15) is 49.9 Å². The Labute approximate surface area is 124 Å². The first-order chi connectivity index (χ1) is 9.11. The number of aldehydes is 1. The minimum Gasteiger partial charge on any atom is -0.368 e. The third kappa shape index (κ3) is 3.59. The summed E-state index contributed by atoms with van der Waals surface area (Å²) >= 11 is 3.44. The van der Waals surface area contributed by atoms with Crippen LogP contribution in [-0.2, 0) is 0 Å². The summed E-state index contributed by atoms with van der Waals surface area (Å²) in [7, 11) is 0. The van der Waals surface area contributed by atoms with Crippen LogP contribution < -0.4 is 4.90 Å². The van der Waals surface area contributed by atoms with Crippen molar-refractivity contribution >= 4 is 27.9 Å². The first-order valence-electron chi connectivity index (χ1n) is 7.13. The largest absolute Gasteiger partial charge is 0.368 e. The molecule has 0 aliphatic heterocycles. The summed E-state index contributed by atoms with van der Waals surface area (Å²) in [5.41, 5.74) is 1.89. The second-order valence-electron chi connectivity index (χ2n) is 5.81. The topological polar surface area (TPSA) is 20.3 Å². The molecule has 0 unspecified atom stereocenters. The van der Waals surface area contributed by atoms with Gasteiger partial charge in [0.1, 0.15) is 0 Å². The van der Waals surface area contributed by atoms with Gasteiger partial charge in [0.25, 0.3) is 0 Å². The molecule has 19 heavy (non-hydrogen) atoms. The number of hydrogen-bond donors (Lipinski definition) is 0. The quantitative estimate of drug-likeness (QED) is 0.734. The second kappa shape index (κ2) is 6.56. The molecule has 0 radical (unpaired) electrons. The van der Waals surface area contributed by atoms with Gasteiger partial charge in [0, 0.05) is 28.3 Å². The van der Waals surface area contributed by atoms with E-state index in [1.807, 2.05) is 12.1 Å². The number of carbonyl (C=O) groups is 1. The SMILES string of the molecule is CC(C)CN(c1ccc(Br)cc1C=O)C1CCCC1. The van der Waals surface area contributed by atoms with Crippen LogP contribution in [0.25, 0.3) is 0 Å². The molecule has 1 aliphatic rings. The van der Waals surface area contributed by atoms with Gasteiger partial charge in [-0.3, -0.25) is 4.79 Å². The zero-order valence-corrected chi connectivity index (χ0v) is 13.3. The van der Waals surface area contributed by atoms with Crippen LogP contribution >= 0.6 is 15.9 Å². The van der Waals surface area contributed by atoms with Gasteiger partial charge in [0.05, 0.1) is 0 Å². The molecule has 0 heterocycles. The predicted octanol–water partition coefficient (Wildman–Crippen LogP) is 4.67. The Balaban J connectivity index is 2.33. The molecule has 0 atom stereocenters. The van der Waals surface area contributed by atoms with Gasteiger partial charge >= 0.3 is 0 Å². The number of hydrogen-bond acceptors (Lipinski definition) is 2. The summed E-state index contributed by atoms with van der Waals surface area (Å²) in [4.78, 5) is 13.8. The van der Waals surface area contributed by atoms with E-state index in [4.69, 9.17) is 0 Å². The molecule has 3 heteroatoms. The van der Waals surface area contributed by atoms with Crippen LogP contribution in [-0.4, -0.2) is 18.9 Å². The van der Waals surface area contributed by atoms with Crippen LogP contribution in [0.3, 0.4) is 0 Å². The Hall–Kier alpha value is -0.830. The van der Waals surface area contributed by atoms with Crippen molar-refractivity contribution in [3.63, 3.8) is 0 Å². The summed E-state index contributed by atoms with van der Waals surface area (Å²) in [6, 6.07) is 6.63. The maximum absolute atomic E-state index is 11.3. The monoisotopic (exact) mass is 323 g/mol. The highest BCUT2D eigenvalue weighted by molar-refractivity contribution is 9.10. The predicted molar refractivity (Wildman–Crippen MR) is 84.0 cm³/mol. The molecule has 1 aromatic carbocycles. The van der Waals surface area contributed by atoms with E-state index in [1.54, 1.807) is 0 Å². The van der Waals surface area contributed by atoms with Gasteiger partial charge in [-0.25, -0.2) is 0 Å². The molecular weight excluding hydrogens is 302 g/mol. The van der Waals surface area contributed by atoms with Gasteiger partial charge in [-0.2, -0.15) is 0 Å². The molecule has 1 aromatic rings. The lowest BCUT2D eigenvalue weighted by atomic mass is 10.1. The molecule has 2 rings (SSSR count). The van der Waals surface area contributed by atoms with Crippen LogP contribution in [0.15, 0.2) is 22.7 Å². The van der Waals surface area contributed by atoms with Crippen molar-refractivity contribution in [2.24, 2.45) is 5.92 Å². The molecule has 2 nitrogen and oxygen atoms in total. The summed E-state index contributed by atoms with van der Waals surface area (Å²) in [5.74, 6) is 0.601. The molecule has 1 saturated carbocycles. The van der Waals surface area contributed by atoms with Gasteiger partial charge in [-0.1, -0.05) is 42.6 Å². The number of anilines is 1. The third-order valence-corrected chi connectivity index (χ3v) is 4.25. The summed E-state index contributed by atoms with van der Waals surface area (Å²) in [6.07, 6.45) is 6.10. The molecule has 0 saturated heterocycles. The van der Waals surface area contributed by atoms with Crippen molar-refractivity contribution in [3.8, 4) is 0 Å². The van der Waals surface area contributed by atoms with Gasteiger partial charge in [0.15, 0.2) is 6.29 Å². The van der Waals surface area contributed by atoms with E-state index in [0.717, 1.165) is 28.6 Å². The van der Waals surface area contributed by atoms with Crippen LogP contribution in [0.5, 0.6) is 0 Å². The maximum Gasteiger partial charge on any atom is 0.152 e. The lowest BCUT2D eigenvalue weighted by Gasteiger charge is -2.33. The van der Waals surface area contributed by atoms with Crippen molar-refractivity contribution < 1.29 is 4.79 Å². The van der Waals surface area contributed by atoms with Crippen LogP contribution in [0.2, 0.25) is 0 Å². The lowest BCUT2D eigenvalue weighted by Crippen LogP contribution is -2.37. The van der Waals surface area contributed by atoms with Crippen molar-refractivity contribution in [1.29, 1.82) is 0 Å². The zero-order chi connectivity index (χ0) is 13.8. The maximum atomic E-state index is 11.3. The fraction of sp³-hybridized carbons (Fsp3) is 0.562. The van der Waals surface area contributed by atoms with Crippen molar-refractivity contribution in [2.75, 3.05) is 11.4 Å². The van der Waals surface area contributed by atoms with E-state index in [1.165, 1.54) is 25.7 Å². The van der Waals surface area contributed by atoms with E-state index in [-0.39, 0.29) is 0 Å². The van der Waals surface area contributed by atoms with Crippen molar-refractivity contribution in [1.82, 2.24) is 0 Å². The van der Waals surface area contributed by atoms with Gasteiger partial charge in [-0.15, -0.1) is 0 Å². The first-order valence-corrected chi connectivity index (χ1v) is 7.92. The Morgan fingerprint density at radius 1 is 1.37 bits per heavy atom. The average Bonchev–Trinajstić information content (AvgIpc) is 2.89. The number of carbonyl (C=O) groups excluding carboxylic acids is 1. The fourth-order valence-corrected chi connectivity index (χ4v) is 3.31. The smallest absolute Gasteiger partial charge is 0.152 e. The lowest BCUT2D eigenvalue weighted by molar-refractivity contribution is 0.112. The summed E-state index contributed by atoms with van der Waals surface area (Å²) in [6.45, 7) is 5.50. The molecule has 0 amide bonds. The normalized spacial score (nSPS) is 16.0. The van der Waals surface area contributed by atoms with Crippen LogP contribution in [0, 0.1) is 5.92 Å². The first kappa shape index (κ1) is 14.6. The Kier molecular flexibility index (Phi) is 5.03. The van der Waals surface area contributed by atoms with E-state index >= 15 is 0 Å². The number of nitrogens with zero attached hydrogens (tertiary/aromatic N) is 1. The molecule has 0 aromatic heterocycles. The summed E-state index contributed by atoms with van der Waals surface area (Å²) in [5, 5.41) is 0. The van der Waals surface area contributed by atoms with E-state index < -0.39 is 0 Å². The van der Waals surface area contributed by atoms with Gasteiger partial charge in [0.2, 0.25) is 0 Å². The molecular formula is C16H22BrNO. The highest BCUT2D eigenvalue weighted by atomic mass is 79.9. The fourth-order valence-electron chi connectivity index (χ4n) is 2.93. The van der Waals surface area contributed by atoms with Crippen LogP contribution in [0.4, 0.5) is 5.69 Å². The van der Waals surface area contributed by atoms with E-state index in [9.17, 15) is 4.79 Å². The highest BCUT2D eigenvalue weighted by Gasteiger charge is 2.25. The van der Waals surface area contributed by atoms with Crippen molar-refractivity contribution in [2.45, 2.75) is 45.6 Å². The minimum absolute atomic E-state index is 0.599. The molecule has 1 aliphatic carbocycles. The highest BCUT2D eigenvalue weighted by Crippen LogP contribution is 2.32. The van der Waals surface area contributed by atoms with E-state index in [0.29, 0.717) is 12.0 Å². The van der Waals surface area contributed by atoms with Crippen molar-refractivity contribution in [3.05, 3.63) is 28.2 Å². The molecule has 0 spiro atoms. The standard InChI is InChI=1S/C16H22BrNO/c1-12(2)10-18(15-5-3-4-6-15)16-8-7-14(17)9-13(16)11-19/h7-9,11-12,15H,3-6,10H2,1-2H3. The van der Waals surface area contributed by atoms with E-state index in [2.05, 4.69) is 40.7 Å². The third-order valence-electron chi connectivity index (χ3n) is 3.75. The zero-order valence-electron chi connectivity index (χ0n) is 11.7. The molecule has 1 fully saturated rings. The number of rotatable bonds is 5. The second-order valence-corrected chi connectivity index (χ2v) is 6.72. The Bertz CT molecular complexity index is 438. The Morgan fingerprint density at radius 2 is 2.05 bits per heavy atom. The van der Waals surface area contributed by atoms with Gasteiger partial charge in [-0.05, 0) is 37.0 Å². The number of benzene rings is 1. The van der Waals surface area contributed by atoms with Gasteiger partial charge < -0.3 is 4.90 Å². The number of halogens is 1. The Morgan fingerprint density at radius 3 is 2.63 bits per heavy atom. The molecule has 0 bridgehead atoms. The minimum atomic E-state index is 0.599. The summed E-state index contributed by atoms with van der Waals surface area (Å²) < 4.78 is 0.967. The molecule has 104 valence electrons. The average molecular weight is 324 g/mol. The molecule has 0 N–H and O–H groups in total.